The third-order valence-electron chi connectivity index (χ3n) is 2.67. The summed E-state index contributed by atoms with van der Waals surface area (Å²) >= 11 is 9.26. The minimum Gasteiger partial charge on any atom is -0.383 e. The SMILES string of the molecule is COCCNCc1cnc(N(C)Cc2ccc(Cl)s2)s1. The van der Waals surface area contributed by atoms with Crippen molar-refractivity contribution in [2.75, 3.05) is 32.2 Å². The molecule has 2 aromatic rings. The Kier molecular flexibility index (Phi) is 6.25. The number of hydrogen-bond donors (Lipinski definition) is 1. The van der Waals surface area contributed by atoms with Crippen LogP contribution in [0.5, 0.6) is 0 Å². The summed E-state index contributed by atoms with van der Waals surface area (Å²) in [5, 5.41) is 4.35. The molecule has 0 spiro atoms. The van der Waals surface area contributed by atoms with E-state index in [4.69, 9.17) is 16.3 Å². The van der Waals surface area contributed by atoms with Crippen LogP contribution in [0.1, 0.15) is 9.75 Å². The Morgan fingerprint density at radius 1 is 1.35 bits per heavy atom. The number of thiazole rings is 1. The molecule has 0 saturated heterocycles. The Bertz CT molecular complexity index is 529. The Morgan fingerprint density at radius 2 is 2.20 bits per heavy atom. The molecule has 7 heteroatoms. The second kappa shape index (κ2) is 7.95. The van der Waals surface area contributed by atoms with Crippen LogP contribution in [0.15, 0.2) is 18.3 Å². The lowest BCUT2D eigenvalue weighted by Gasteiger charge is -2.13. The molecule has 0 amide bonds. The molecule has 0 saturated carbocycles. The van der Waals surface area contributed by atoms with Gasteiger partial charge in [0.25, 0.3) is 0 Å². The van der Waals surface area contributed by atoms with E-state index in [1.807, 2.05) is 12.3 Å². The number of hydrogen-bond acceptors (Lipinski definition) is 6. The first-order valence-corrected chi connectivity index (χ1v) is 8.30. The maximum atomic E-state index is 5.95. The summed E-state index contributed by atoms with van der Waals surface area (Å²) in [7, 11) is 3.76. The van der Waals surface area contributed by atoms with Crippen molar-refractivity contribution in [1.82, 2.24) is 10.3 Å². The topological polar surface area (TPSA) is 37.4 Å². The molecule has 2 aromatic heterocycles. The van der Waals surface area contributed by atoms with Crippen molar-refractivity contribution in [3.8, 4) is 0 Å². The molecule has 0 aliphatic carbocycles. The summed E-state index contributed by atoms with van der Waals surface area (Å²) in [5.41, 5.74) is 0. The first-order chi connectivity index (χ1) is 9.69. The van der Waals surface area contributed by atoms with Gasteiger partial charge < -0.3 is 15.0 Å². The average Bonchev–Trinajstić information content (AvgIpc) is 3.04. The number of nitrogens with zero attached hydrogens (tertiary/aromatic N) is 2. The molecule has 0 radical (unpaired) electrons. The summed E-state index contributed by atoms with van der Waals surface area (Å²) in [5.74, 6) is 0. The predicted molar refractivity (Wildman–Crippen MR) is 87.1 cm³/mol. The highest BCUT2D eigenvalue weighted by Gasteiger charge is 2.09. The van der Waals surface area contributed by atoms with Crippen molar-refractivity contribution in [1.29, 1.82) is 0 Å². The largest absolute Gasteiger partial charge is 0.383 e. The molecular weight excluding hydrogens is 314 g/mol. The fraction of sp³-hybridized carbons (Fsp3) is 0.462. The first kappa shape index (κ1) is 15.7. The van der Waals surface area contributed by atoms with E-state index in [2.05, 4.69) is 28.3 Å². The maximum Gasteiger partial charge on any atom is 0.185 e. The Morgan fingerprint density at radius 3 is 2.90 bits per heavy atom. The average molecular weight is 332 g/mol. The molecular formula is C13H18ClN3OS2. The number of nitrogens with one attached hydrogen (secondary N) is 1. The smallest absolute Gasteiger partial charge is 0.185 e. The van der Waals surface area contributed by atoms with E-state index >= 15 is 0 Å². The zero-order valence-electron chi connectivity index (χ0n) is 11.6. The highest BCUT2D eigenvalue weighted by Crippen LogP contribution is 2.26. The van der Waals surface area contributed by atoms with Crippen LogP contribution in [-0.4, -0.2) is 32.3 Å². The molecule has 110 valence electrons. The van der Waals surface area contributed by atoms with Crippen LogP contribution in [-0.2, 0) is 17.8 Å². The molecule has 0 bridgehead atoms. The molecule has 0 aliphatic rings. The van der Waals surface area contributed by atoms with Gasteiger partial charge in [-0.3, -0.25) is 0 Å². The van der Waals surface area contributed by atoms with Crippen molar-refractivity contribution in [2.45, 2.75) is 13.1 Å². The van der Waals surface area contributed by atoms with E-state index in [0.29, 0.717) is 0 Å². The molecule has 1 N–H and O–H groups in total. The summed E-state index contributed by atoms with van der Waals surface area (Å²) in [4.78, 5) is 9.08. The van der Waals surface area contributed by atoms with Crippen LogP contribution < -0.4 is 10.2 Å². The normalized spacial score (nSPS) is 10.9. The molecule has 0 aliphatic heterocycles. The van der Waals surface area contributed by atoms with Crippen molar-refractivity contribution in [3.63, 3.8) is 0 Å². The number of rotatable bonds is 8. The van der Waals surface area contributed by atoms with Crippen LogP contribution in [0.25, 0.3) is 0 Å². The molecule has 2 heterocycles. The minimum absolute atomic E-state index is 0.727. The van der Waals surface area contributed by atoms with E-state index < -0.39 is 0 Å². The zero-order chi connectivity index (χ0) is 14.4. The lowest BCUT2D eigenvalue weighted by atomic mass is 10.4. The molecule has 0 atom stereocenters. The minimum atomic E-state index is 0.727. The van der Waals surface area contributed by atoms with Gasteiger partial charge in [0.05, 0.1) is 17.5 Å². The maximum absolute atomic E-state index is 5.95. The third kappa shape index (κ3) is 4.71. The first-order valence-electron chi connectivity index (χ1n) is 6.28. The van der Waals surface area contributed by atoms with Gasteiger partial charge in [-0.2, -0.15) is 0 Å². The lowest BCUT2D eigenvalue weighted by molar-refractivity contribution is 0.199. The quantitative estimate of drug-likeness (QED) is 0.754. The summed E-state index contributed by atoms with van der Waals surface area (Å²) in [6.45, 7) is 3.25. The molecule has 4 nitrogen and oxygen atoms in total. The van der Waals surface area contributed by atoms with Crippen LogP contribution in [0, 0.1) is 0 Å². The summed E-state index contributed by atoms with van der Waals surface area (Å²) in [6, 6.07) is 3.99. The summed E-state index contributed by atoms with van der Waals surface area (Å²) in [6.07, 6.45) is 1.93. The second-order valence-corrected chi connectivity index (χ2v) is 7.23. The second-order valence-electron chi connectivity index (χ2n) is 4.34. The van der Waals surface area contributed by atoms with Crippen LogP contribution in [0.4, 0.5) is 5.13 Å². The van der Waals surface area contributed by atoms with Crippen LogP contribution >= 0.6 is 34.3 Å². The fourth-order valence-electron chi connectivity index (χ4n) is 1.68. The van der Waals surface area contributed by atoms with E-state index in [1.165, 1.54) is 9.75 Å². The zero-order valence-corrected chi connectivity index (χ0v) is 13.9. The van der Waals surface area contributed by atoms with Crippen LogP contribution in [0.3, 0.4) is 0 Å². The van der Waals surface area contributed by atoms with Crippen LogP contribution in [0.2, 0.25) is 4.34 Å². The van der Waals surface area contributed by atoms with Gasteiger partial charge in [0.15, 0.2) is 5.13 Å². The van der Waals surface area contributed by atoms with Gasteiger partial charge in [-0.15, -0.1) is 22.7 Å². The number of anilines is 1. The van der Waals surface area contributed by atoms with Crippen molar-refractivity contribution < 1.29 is 4.74 Å². The van der Waals surface area contributed by atoms with E-state index in [1.54, 1.807) is 29.8 Å². The number of aromatic nitrogens is 1. The van der Waals surface area contributed by atoms with Crippen molar-refractivity contribution >= 4 is 39.4 Å². The number of ether oxygens (including phenoxy) is 1. The van der Waals surface area contributed by atoms with Gasteiger partial charge in [-0.05, 0) is 12.1 Å². The summed E-state index contributed by atoms with van der Waals surface area (Å²) < 4.78 is 5.83. The Balaban J connectivity index is 1.84. The van der Waals surface area contributed by atoms with Gasteiger partial charge in [0.2, 0.25) is 0 Å². The van der Waals surface area contributed by atoms with Crippen molar-refractivity contribution in [2.24, 2.45) is 0 Å². The molecule has 2 rings (SSSR count). The van der Waals surface area contributed by atoms with Gasteiger partial charge in [0.1, 0.15) is 0 Å². The molecule has 0 unspecified atom stereocenters. The van der Waals surface area contributed by atoms with Gasteiger partial charge in [0, 0.05) is 43.2 Å². The highest BCUT2D eigenvalue weighted by molar-refractivity contribution is 7.16. The number of halogens is 1. The van der Waals surface area contributed by atoms with E-state index in [9.17, 15) is 0 Å². The number of methoxy groups -OCH3 is 1. The van der Waals surface area contributed by atoms with E-state index in [0.717, 1.165) is 35.7 Å². The molecule has 0 fully saturated rings. The molecule has 20 heavy (non-hydrogen) atoms. The fourth-order valence-corrected chi connectivity index (χ4v) is 3.66. The number of thiophene rings is 1. The third-order valence-corrected chi connectivity index (χ3v) is 5.00. The lowest BCUT2D eigenvalue weighted by Crippen LogP contribution is -2.17. The highest BCUT2D eigenvalue weighted by atomic mass is 35.5. The van der Waals surface area contributed by atoms with Gasteiger partial charge in [-0.25, -0.2) is 4.98 Å². The Labute approximate surface area is 132 Å². The van der Waals surface area contributed by atoms with Gasteiger partial charge >= 0.3 is 0 Å². The monoisotopic (exact) mass is 331 g/mol. The molecule has 0 aromatic carbocycles. The van der Waals surface area contributed by atoms with E-state index in [-0.39, 0.29) is 0 Å². The van der Waals surface area contributed by atoms with Gasteiger partial charge in [-0.1, -0.05) is 11.6 Å². The predicted octanol–water partition coefficient (Wildman–Crippen LogP) is 3.23. The standard InChI is InChI=1S/C13H18ClN3OS2/c1-17(9-10-3-4-12(14)19-10)13-16-8-11(20-13)7-15-5-6-18-2/h3-4,8,15H,5-7,9H2,1-2H3. The van der Waals surface area contributed by atoms with Crippen molar-refractivity contribution in [3.05, 3.63) is 32.4 Å². The Hall–Kier alpha value is -0.660.